The van der Waals surface area contributed by atoms with Crippen molar-refractivity contribution in [2.45, 2.75) is 13.3 Å². The number of rotatable bonds is 9. The maximum atomic E-state index is 5.79. The molecule has 108 valence electrons. The maximum Gasteiger partial charge on any atom is 0.120 e. The summed E-state index contributed by atoms with van der Waals surface area (Å²) in [5.41, 5.74) is 0. The van der Waals surface area contributed by atoms with Crippen molar-refractivity contribution in [2.75, 3.05) is 46.9 Å². The van der Waals surface area contributed by atoms with Crippen LogP contribution in [0.1, 0.15) is 13.3 Å². The van der Waals surface area contributed by atoms with Gasteiger partial charge in [0.05, 0.1) is 0 Å². The van der Waals surface area contributed by atoms with Crippen molar-refractivity contribution in [1.82, 2.24) is 9.80 Å². The average molecular weight is 329 g/mol. The Balaban J connectivity index is 2.31. The highest BCUT2D eigenvalue weighted by Gasteiger charge is 2.04. The predicted octanol–water partition coefficient (Wildman–Crippen LogP) is 3.10. The molecule has 0 aromatic heterocycles. The minimum atomic E-state index is 0.740. The van der Waals surface area contributed by atoms with Crippen LogP contribution in [0.2, 0.25) is 0 Å². The van der Waals surface area contributed by atoms with Crippen LogP contribution in [0.25, 0.3) is 0 Å². The van der Waals surface area contributed by atoms with Gasteiger partial charge in [-0.25, -0.2) is 0 Å². The fraction of sp³-hybridized carbons (Fsp3) is 0.600. The fourth-order valence-electron chi connectivity index (χ4n) is 1.84. The molecule has 0 fully saturated rings. The lowest BCUT2D eigenvalue weighted by molar-refractivity contribution is 0.194. The number of ether oxygens (including phenoxy) is 1. The third-order valence-corrected chi connectivity index (χ3v) is 3.37. The van der Waals surface area contributed by atoms with E-state index in [4.69, 9.17) is 4.74 Å². The molecule has 0 radical (unpaired) electrons. The molecule has 0 aliphatic carbocycles. The fourth-order valence-corrected chi connectivity index (χ4v) is 2.22. The standard InChI is InChI=1S/C15H25BrN2O/c1-4-8-18(10-9-17(2)3)11-12-19-15-7-5-6-14(16)13-15/h5-7,13H,4,8-12H2,1-3H3. The molecule has 4 heteroatoms. The van der Waals surface area contributed by atoms with Crippen molar-refractivity contribution in [1.29, 1.82) is 0 Å². The molecule has 0 N–H and O–H groups in total. The molecule has 0 spiro atoms. The summed E-state index contributed by atoms with van der Waals surface area (Å²) < 4.78 is 6.84. The van der Waals surface area contributed by atoms with Crippen LogP contribution in [-0.4, -0.2) is 56.7 Å². The summed E-state index contributed by atoms with van der Waals surface area (Å²) in [5, 5.41) is 0. The molecule has 0 aliphatic rings. The second-order valence-electron chi connectivity index (χ2n) is 4.95. The summed E-state index contributed by atoms with van der Waals surface area (Å²) >= 11 is 3.45. The van der Waals surface area contributed by atoms with Crippen LogP contribution in [0, 0.1) is 0 Å². The van der Waals surface area contributed by atoms with Crippen molar-refractivity contribution < 1.29 is 4.74 Å². The molecule has 1 rings (SSSR count). The highest BCUT2D eigenvalue weighted by atomic mass is 79.9. The Morgan fingerprint density at radius 2 is 1.89 bits per heavy atom. The van der Waals surface area contributed by atoms with Gasteiger partial charge in [0.15, 0.2) is 0 Å². The van der Waals surface area contributed by atoms with E-state index < -0.39 is 0 Å². The Morgan fingerprint density at radius 1 is 1.11 bits per heavy atom. The first-order valence-corrected chi connectivity index (χ1v) is 7.66. The van der Waals surface area contributed by atoms with Crippen LogP contribution in [0.4, 0.5) is 0 Å². The summed E-state index contributed by atoms with van der Waals surface area (Å²) in [6.45, 7) is 7.27. The molecule has 0 saturated carbocycles. The second-order valence-corrected chi connectivity index (χ2v) is 5.87. The molecule has 19 heavy (non-hydrogen) atoms. The highest BCUT2D eigenvalue weighted by molar-refractivity contribution is 9.10. The van der Waals surface area contributed by atoms with Gasteiger partial charge in [-0.1, -0.05) is 28.9 Å². The molecule has 0 bridgehead atoms. The van der Waals surface area contributed by atoms with Gasteiger partial charge in [-0.2, -0.15) is 0 Å². The molecule has 3 nitrogen and oxygen atoms in total. The Bertz CT molecular complexity index is 358. The van der Waals surface area contributed by atoms with Gasteiger partial charge in [0, 0.05) is 24.1 Å². The summed E-state index contributed by atoms with van der Waals surface area (Å²) in [6.07, 6.45) is 1.18. The minimum absolute atomic E-state index is 0.740. The number of hydrogen-bond donors (Lipinski definition) is 0. The first-order valence-electron chi connectivity index (χ1n) is 6.87. The lowest BCUT2D eigenvalue weighted by atomic mass is 10.3. The third-order valence-electron chi connectivity index (χ3n) is 2.88. The number of halogens is 1. The zero-order chi connectivity index (χ0) is 14.1. The van der Waals surface area contributed by atoms with Gasteiger partial charge in [0.2, 0.25) is 0 Å². The minimum Gasteiger partial charge on any atom is -0.492 e. The molecule has 0 unspecified atom stereocenters. The SMILES string of the molecule is CCCN(CCOc1cccc(Br)c1)CCN(C)C. The normalized spacial score (nSPS) is 11.3. The lowest BCUT2D eigenvalue weighted by Crippen LogP contribution is -2.35. The summed E-state index contributed by atoms with van der Waals surface area (Å²) in [7, 11) is 4.23. The monoisotopic (exact) mass is 328 g/mol. The number of nitrogens with zero attached hydrogens (tertiary/aromatic N) is 2. The molecular weight excluding hydrogens is 304 g/mol. The van der Waals surface area contributed by atoms with E-state index in [1.54, 1.807) is 0 Å². The van der Waals surface area contributed by atoms with E-state index in [2.05, 4.69) is 46.7 Å². The second kappa shape index (κ2) is 9.34. The topological polar surface area (TPSA) is 15.7 Å². The lowest BCUT2D eigenvalue weighted by Gasteiger charge is -2.23. The van der Waals surface area contributed by atoms with E-state index >= 15 is 0 Å². The molecular formula is C15H25BrN2O. The van der Waals surface area contributed by atoms with Crippen LogP contribution in [0.15, 0.2) is 28.7 Å². The van der Waals surface area contributed by atoms with E-state index in [-0.39, 0.29) is 0 Å². The Labute approximate surface area is 125 Å². The summed E-state index contributed by atoms with van der Waals surface area (Å²) in [6, 6.07) is 8.00. The summed E-state index contributed by atoms with van der Waals surface area (Å²) in [4.78, 5) is 4.68. The molecule has 0 saturated heterocycles. The third kappa shape index (κ3) is 7.55. The smallest absolute Gasteiger partial charge is 0.120 e. The number of hydrogen-bond acceptors (Lipinski definition) is 3. The molecule has 0 atom stereocenters. The average Bonchev–Trinajstić information content (AvgIpc) is 2.36. The molecule has 0 heterocycles. The van der Waals surface area contributed by atoms with Crippen molar-refractivity contribution in [3.63, 3.8) is 0 Å². The van der Waals surface area contributed by atoms with E-state index in [0.717, 1.165) is 43.0 Å². The van der Waals surface area contributed by atoms with E-state index in [1.165, 1.54) is 6.42 Å². The van der Waals surface area contributed by atoms with Gasteiger partial charge in [-0.15, -0.1) is 0 Å². The quantitative estimate of drug-likeness (QED) is 0.692. The van der Waals surface area contributed by atoms with Gasteiger partial charge >= 0.3 is 0 Å². The Kier molecular flexibility index (Phi) is 8.10. The van der Waals surface area contributed by atoms with Crippen molar-refractivity contribution in [3.05, 3.63) is 28.7 Å². The Morgan fingerprint density at radius 3 is 2.53 bits per heavy atom. The van der Waals surface area contributed by atoms with Gasteiger partial charge < -0.3 is 9.64 Å². The summed E-state index contributed by atoms with van der Waals surface area (Å²) in [5.74, 6) is 0.929. The first kappa shape index (κ1) is 16.5. The van der Waals surface area contributed by atoms with E-state index in [1.807, 2.05) is 24.3 Å². The van der Waals surface area contributed by atoms with Gasteiger partial charge in [0.1, 0.15) is 12.4 Å². The predicted molar refractivity (Wildman–Crippen MR) is 84.9 cm³/mol. The van der Waals surface area contributed by atoms with Crippen LogP contribution in [0.5, 0.6) is 5.75 Å². The van der Waals surface area contributed by atoms with Crippen molar-refractivity contribution >= 4 is 15.9 Å². The van der Waals surface area contributed by atoms with Crippen molar-refractivity contribution in [2.24, 2.45) is 0 Å². The zero-order valence-electron chi connectivity index (χ0n) is 12.2. The van der Waals surface area contributed by atoms with E-state index in [9.17, 15) is 0 Å². The van der Waals surface area contributed by atoms with Gasteiger partial charge in [0.25, 0.3) is 0 Å². The largest absolute Gasteiger partial charge is 0.492 e. The van der Waals surface area contributed by atoms with Crippen LogP contribution >= 0.6 is 15.9 Å². The molecule has 0 amide bonds. The van der Waals surface area contributed by atoms with Crippen LogP contribution in [0.3, 0.4) is 0 Å². The van der Waals surface area contributed by atoms with Gasteiger partial charge in [-0.3, -0.25) is 4.90 Å². The van der Waals surface area contributed by atoms with Crippen LogP contribution < -0.4 is 4.74 Å². The Hall–Kier alpha value is -0.580. The number of benzene rings is 1. The van der Waals surface area contributed by atoms with Crippen molar-refractivity contribution in [3.8, 4) is 5.75 Å². The van der Waals surface area contributed by atoms with E-state index in [0.29, 0.717) is 0 Å². The molecule has 1 aromatic carbocycles. The number of likely N-dealkylation sites (N-methyl/N-ethyl adjacent to an activating group) is 1. The molecule has 0 aliphatic heterocycles. The highest BCUT2D eigenvalue weighted by Crippen LogP contribution is 2.17. The first-order chi connectivity index (χ1) is 9.11. The zero-order valence-corrected chi connectivity index (χ0v) is 13.8. The van der Waals surface area contributed by atoms with Crippen LogP contribution in [-0.2, 0) is 0 Å². The van der Waals surface area contributed by atoms with Gasteiger partial charge in [-0.05, 0) is 45.3 Å². The maximum absolute atomic E-state index is 5.79. The molecule has 1 aromatic rings.